The number of hydrogen-bond acceptors (Lipinski definition) is 5. The van der Waals surface area contributed by atoms with Crippen LogP contribution in [0, 0.1) is 11.3 Å². The van der Waals surface area contributed by atoms with Crippen molar-refractivity contribution >= 4 is 17.7 Å². The molecule has 0 radical (unpaired) electrons. The lowest BCUT2D eigenvalue weighted by molar-refractivity contribution is -0.112. The number of anilines is 1. The summed E-state index contributed by atoms with van der Waals surface area (Å²) in [6, 6.07) is 26.1. The molecule has 0 fully saturated rings. The molecule has 0 aliphatic rings. The fourth-order valence-corrected chi connectivity index (χ4v) is 3.60. The van der Waals surface area contributed by atoms with Crippen molar-refractivity contribution in [3.8, 4) is 34.5 Å². The van der Waals surface area contributed by atoms with E-state index in [9.17, 15) is 10.1 Å². The lowest BCUT2D eigenvalue weighted by atomic mass is 10.1. The van der Waals surface area contributed by atoms with Gasteiger partial charge in [0.15, 0.2) is 0 Å². The highest BCUT2D eigenvalue weighted by Gasteiger charge is 2.16. The molecule has 184 valence electrons. The highest BCUT2D eigenvalue weighted by Crippen LogP contribution is 2.28. The molecule has 1 aromatic heterocycles. The fraction of sp³-hybridized carbons (Fsp3) is 0.100. The zero-order valence-electron chi connectivity index (χ0n) is 20.4. The van der Waals surface area contributed by atoms with Crippen molar-refractivity contribution < 1.29 is 14.3 Å². The van der Waals surface area contributed by atoms with Gasteiger partial charge in [-0.15, -0.1) is 0 Å². The van der Waals surface area contributed by atoms with E-state index in [4.69, 9.17) is 14.6 Å². The van der Waals surface area contributed by atoms with Gasteiger partial charge in [-0.25, -0.2) is 4.68 Å². The Morgan fingerprint density at radius 1 is 1.03 bits per heavy atom. The van der Waals surface area contributed by atoms with Crippen molar-refractivity contribution in [2.75, 3.05) is 18.5 Å². The quantitative estimate of drug-likeness (QED) is 0.166. The number of nitrogens with one attached hydrogen (secondary N) is 1. The summed E-state index contributed by atoms with van der Waals surface area (Å²) < 4.78 is 12.7. The highest BCUT2D eigenvalue weighted by atomic mass is 16.5. The van der Waals surface area contributed by atoms with Gasteiger partial charge < -0.3 is 14.8 Å². The van der Waals surface area contributed by atoms with E-state index >= 15 is 0 Å². The average Bonchev–Trinajstić information content (AvgIpc) is 3.36. The third kappa shape index (κ3) is 6.32. The molecule has 0 saturated carbocycles. The predicted molar refractivity (Wildman–Crippen MR) is 145 cm³/mol. The van der Waals surface area contributed by atoms with E-state index in [0.29, 0.717) is 41.7 Å². The van der Waals surface area contributed by atoms with Gasteiger partial charge >= 0.3 is 0 Å². The molecule has 4 aromatic rings. The SMILES string of the molecule is C=CCOc1ccc(-c2nn(-c3ccccc3)cc2/C=C(\C#N)C(=O)Nc2ccc(OCC)cc2)cc1. The summed E-state index contributed by atoms with van der Waals surface area (Å²) in [5.41, 5.74) is 3.43. The normalized spacial score (nSPS) is 10.9. The number of carbonyl (C=O) groups excluding carboxylic acids is 1. The maximum absolute atomic E-state index is 12.9. The Hall–Kier alpha value is -5.09. The van der Waals surface area contributed by atoms with Crippen LogP contribution in [0.5, 0.6) is 11.5 Å². The first-order valence-corrected chi connectivity index (χ1v) is 11.8. The third-order valence-corrected chi connectivity index (χ3v) is 5.35. The zero-order chi connectivity index (χ0) is 26.0. The Balaban J connectivity index is 1.67. The van der Waals surface area contributed by atoms with Crippen LogP contribution in [0.3, 0.4) is 0 Å². The monoisotopic (exact) mass is 490 g/mol. The Morgan fingerprint density at radius 2 is 1.70 bits per heavy atom. The van der Waals surface area contributed by atoms with Crippen LogP contribution in [0.1, 0.15) is 12.5 Å². The molecule has 0 saturated heterocycles. The Labute approximate surface area is 215 Å². The van der Waals surface area contributed by atoms with Crippen LogP contribution in [-0.4, -0.2) is 28.9 Å². The summed E-state index contributed by atoms with van der Waals surface area (Å²) in [5, 5.41) is 17.3. The van der Waals surface area contributed by atoms with E-state index in [1.165, 1.54) is 0 Å². The van der Waals surface area contributed by atoms with Crippen molar-refractivity contribution in [1.29, 1.82) is 5.26 Å². The van der Waals surface area contributed by atoms with E-state index in [1.54, 1.807) is 47.3 Å². The van der Waals surface area contributed by atoms with Crippen molar-refractivity contribution in [2.45, 2.75) is 6.92 Å². The number of carbonyl (C=O) groups is 1. The predicted octanol–water partition coefficient (Wildman–Crippen LogP) is 6.05. The molecule has 4 rings (SSSR count). The van der Waals surface area contributed by atoms with Gasteiger partial charge in [-0.1, -0.05) is 30.9 Å². The van der Waals surface area contributed by atoms with Crippen molar-refractivity contribution in [1.82, 2.24) is 9.78 Å². The molecule has 1 amide bonds. The van der Waals surface area contributed by atoms with E-state index in [1.807, 2.05) is 67.6 Å². The molecule has 0 atom stereocenters. The van der Waals surface area contributed by atoms with Crippen LogP contribution in [0.25, 0.3) is 23.0 Å². The van der Waals surface area contributed by atoms with Gasteiger partial charge in [0.25, 0.3) is 5.91 Å². The van der Waals surface area contributed by atoms with Gasteiger partial charge in [0.1, 0.15) is 29.7 Å². The number of rotatable bonds is 10. The Bertz CT molecular complexity index is 1430. The van der Waals surface area contributed by atoms with Crippen LogP contribution in [0.15, 0.2) is 103 Å². The Morgan fingerprint density at radius 3 is 2.35 bits per heavy atom. The van der Waals surface area contributed by atoms with Gasteiger partial charge in [-0.3, -0.25) is 4.79 Å². The molecule has 0 aliphatic carbocycles. The zero-order valence-corrected chi connectivity index (χ0v) is 20.4. The van der Waals surface area contributed by atoms with Crippen LogP contribution < -0.4 is 14.8 Å². The first-order valence-electron chi connectivity index (χ1n) is 11.8. The average molecular weight is 491 g/mol. The number of benzene rings is 3. The molecule has 0 spiro atoms. The lowest BCUT2D eigenvalue weighted by Crippen LogP contribution is -2.13. The standard InChI is InChI=1S/C30H26N4O3/c1-3-18-37-28-14-10-22(11-15-28)29-24(21-34(33-29)26-8-6-5-7-9-26)19-23(20-31)30(35)32-25-12-16-27(17-13-25)36-4-2/h3,5-17,19,21H,1,4,18H2,2H3,(H,32,35)/b23-19+. The van der Waals surface area contributed by atoms with Crippen molar-refractivity contribution in [3.05, 3.63) is 109 Å². The van der Waals surface area contributed by atoms with E-state index in [2.05, 4.69) is 11.9 Å². The van der Waals surface area contributed by atoms with Gasteiger partial charge in [0.05, 0.1) is 18.0 Å². The third-order valence-electron chi connectivity index (χ3n) is 5.35. The second kappa shape index (κ2) is 12.0. The van der Waals surface area contributed by atoms with Gasteiger partial charge in [0, 0.05) is 23.0 Å². The first-order chi connectivity index (χ1) is 18.1. The minimum Gasteiger partial charge on any atom is -0.494 e. The summed E-state index contributed by atoms with van der Waals surface area (Å²) in [5.74, 6) is 0.893. The number of amides is 1. The maximum atomic E-state index is 12.9. The number of hydrogen-bond donors (Lipinski definition) is 1. The maximum Gasteiger partial charge on any atom is 0.266 e. The molecular formula is C30H26N4O3. The lowest BCUT2D eigenvalue weighted by Gasteiger charge is -2.07. The summed E-state index contributed by atoms with van der Waals surface area (Å²) in [6.45, 7) is 6.52. The number of ether oxygens (including phenoxy) is 2. The number of aromatic nitrogens is 2. The molecule has 3 aromatic carbocycles. The second-order valence-electron chi connectivity index (χ2n) is 7.92. The van der Waals surface area contributed by atoms with Crippen LogP contribution in [0.4, 0.5) is 5.69 Å². The Kier molecular flexibility index (Phi) is 8.15. The topological polar surface area (TPSA) is 89.2 Å². The minimum atomic E-state index is -0.516. The van der Waals surface area contributed by atoms with E-state index in [-0.39, 0.29) is 5.57 Å². The molecule has 1 heterocycles. The molecule has 1 N–H and O–H groups in total. The molecule has 0 bridgehead atoms. The summed E-state index contributed by atoms with van der Waals surface area (Å²) in [6.07, 6.45) is 5.03. The molecule has 0 aliphatic heterocycles. The van der Waals surface area contributed by atoms with E-state index < -0.39 is 5.91 Å². The van der Waals surface area contributed by atoms with Gasteiger partial charge in [0.2, 0.25) is 0 Å². The van der Waals surface area contributed by atoms with Crippen molar-refractivity contribution in [3.63, 3.8) is 0 Å². The highest BCUT2D eigenvalue weighted by molar-refractivity contribution is 6.10. The fourth-order valence-electron chi connectivity index (χ4n) is 3.60. The summed E-state index contributed by atoms with van der Waals surface area (Å²) in [4.78, 5) is 12.9. The largest absolute Gasteiger partial charge is 0.494 e. The second-order valence-corrected chi connectivity index (χ2v) is 7.92. The number of para-hydroxylation sites is 1. The van der Waals surface area contributed by atoms with Gasteiger partial charge in [-0.05, 0) is 73.7 Å². The molecule has 0 unspecified atom stereocenters. The van der Waals surface area contributed by atoms with E-state index in [0.717, 1.165) is 11.3 Å². The molecule has 7 nitrogen and oxygen atoms in total. The summed E-state index contributed by atoms with van der Waals surface area (Å²) in [7, 11) is 0. The summed E-state index contributed by atoms with van der Waals surface area (Å²) >= 11 is 0. The molecule has 37 heavy (non-hydrogen) atoms. The van der Waals surface area contributed by atoms with Crippen LogP contribution in [0.2, 0.25) is 0 Å². The minimum absolute atomic E-state index is 0.0475. The number of nitrogens with zero attached hydrogens (tertiary/aromatic N) is 3. The molecular weight excluding hydrogens is 464 g/mol. The van der Waals surface area contributed by atoms with Gasteiger partial charge in [-0.2, -0.15) is 10.4 Å². The van der Waals surface area contributed by atoms with Crippen LogP contribution in [-0.2, 0) is 4.79 Å². The first kappa shape index (κ1) is 25.0. The van der Waals surface area contributed by atoms with Crippen LogP contribution >= 0.6 is 0 Å². The smallest absolute Gasteiger partial charge is 0.266 e. The number of nitriles is 1. The van der Waals surface area contributed by atoms with Crippen molar-refractivity contribution in [2.24, 2.45) is 0 Å². The molecule has 7 heteroatoms.